The fourth-order valence-electron chi connectivity index (χ4n) is 3.78. The molecule has 0 saturated heterocycles. The first-order valence-electron chi connectivity index (χ1n) is 10.6. The lowest BCUT2D eigenvalue weighted by atomic mass is 10.0. The molecular formula is C25H22ClF3N2OS. The number of rotatable bonds is 6. The van der Waals surface area contributed by atoms with Crippen LogP contribution in [0.4, 0.5) is 13.3 Å². The molecule has 172 valence electrons. The van der Waals surface area contributed by atoms with Crippen molar-refractivity contribution in [3.05, 3.63) is 99.1 Å². The second-order valence-electron chi connectivity index (χ2n) is 7.82. The van der Waals surface area contributed by atoms with E-state index in [4.69, 9.17) is 11.6 Å². The molecule has 0 radical (unpaired) electrons. The Hall–Kier alpha value is -2.48. The lowest BCUT2D eigenvalue weighted by molar-refractivity contribution is 0.0148. The molecule has 1 heterocycles. The highest BCUT2D eigenvalue weighted by atomic mass is 35.5. The molecule has 0 aliphatic carbocycles. The van der Waals surface area contributed by atoms with Crippen molar-refractivity contribution in [3.63, 3.8) is 0 Å². The van der Waals surface area contributed by atoms with Gasteiger partial charge in [0.05, 0.1) is 11.6 Å². The van der Waals surface area contributed by atoms with E-state index in [1.165, 1.54) is 17.2 Å². The Labute approximate surface area is 199 Å². The normalized spacial score (nSPS) is 13.3. The number of hydrogen-bond donors (Lipinski definition) is 1. The number of benzene rings is 3. The van der Waals surface area contributed by atoms with Crippen LogP contribution in [0.1, 0.15) is 32.6 Å². The maximum absolute atomic E-state index is 14.4. The van der Waals surface area contributed by atoms with E-state index in [-0.39, 0.29) is 16.2 Å². The van der Waals surface area contributed by atoms with Crippen LogP contribution >= 0.6 is 23.4 Å². The molecule has 1 aliphatic heterocycles. The van der Waals surface area contributed by atoms with E-state index in [1.54, 1.807) is 36.0 Å². The van der Waals surface area contributed by atoms with E-state index in [1.807, 2.05) is 6.07 Å². The summed E-state index contributed by atoms with van der Waals surface area (Å²) in [7, 11) is 0. The van der Waals surface area contributed by atoms with Crippen molar-refractivity contribution in [1.29, 1.82) is 0 Å². The zero-order valence-corrected chi connectivity index (χ0v) is 19.3. The van der Waals surface area contributed by atoms with Gasteiger partial charge in [-0.1, -0.05) is 40.3 Å². The molecule has 1 aliphatic rings. The largest absolute Gasteiger partial charge is 0.316 e. The summed E-state index contributed by atoms with van der Waals surface area (Å²) in [6.07, 6.45) is 1.90. The molecule has 8 heteroatoms. The van der Waals surface area contributed by atoms with E-state index < -0.39 is 24.1 Å². The standard InChI is InChI=1S/C25H22ClF3N2OS/c26-21-7-6-18-9-11-30-12-10-20(18)24(21)33-15-16-1-4-19(5-2-16)25(32)31(29)14-17-3-8-22(27)23(28)13-17/h1-8,13,30H,9-12,14-15H2. The van der Waals surface area contributed by atoms with E-state index in [9.17, 15) is 18.1 Å². The summed E-state index contributed by atoms with van der Waals surface area (Å²) in [5.41, 5.74) is 3.91. The highest BCUT2D eigenvalue weighted by Crippen LogP contribution is 2.36. The summed E-state index contributed by atoms with van der Waals surface area (Å²) < 4.78 is 40.7. The van der Waals surface area contributed by atoms with Crippen molar-refractivity contribution >= 4 is 29.3 Å². The summed E-state index contributed by atoms with van der Waals surface area (Å²) in [6.45, 7) is 1.40. The van der Waals surface area contributed by atoms with Gasteiger partial charge in [-0.15, -0.1) is 11.8 Å². The second kappa shape index (κ2) is 10.6. The van der Waals surface area contributed by atoms with Crippen LogP contribution in [0.15, 0.2) is 59.5 Å². The van der Waals surface area contributed by atoms with Gasteiger partial charge < -0.3 is 5.32 Å². The van der Waals surface area contributed by atoms with Gasteiger partial charge in [0, 0.05) is 16.2 Å². The van der Waals surface area contributed by atoms with Crippen LogP contribution in [0.3, 0.4) is 0 Å². The monoisotopic (exact) mass is 490 g/mol. The van der Waals surface area contributed by atoms with Gasteiger partial charge in [-0.2, -0.15) is 5.12 Å². The molecule has 33 heavy (non-hydrogen) atoms. The second-order valence-corrected chi connectivity index (χ2v) is 9.22. The zero-order chi connectivity index (χ0) is 23.4. The lowest BCUT2D eigenvalue weighted by Gasteiger charge is -2.14. The number of fused-ring (bicyclic) bond motifs is 1. The topological polar surface area (TPSA) is 32.3 Å². The SMILES string of the molecule is O=C(c1ccc(CSc2c(Cl)ccc3c2CCNCC3)cc1)N(F)Cc1ccc(F)c(F)c1. The molecule has 0 atom stereocenters. The Balaban J connectivity index is 1.40. The number of amides is 1. The van der Waals surface area contributed by atoms with Crippen LogP contribution < -0.4 is 5.32 Å². The first-order chi connectivity index (χ1) is 15.9. The van der Waals surface area contributed by atoms with Crippen molar-refractivity contribution in [2.75, 3.05) is 13.1 Å². The van der Waals surface area contributed by atoms with Crippen molar-refractivity contribution in [3.8, 4) is 0 Å². The quantitative estimate of drug-likeness (QED) is 0.333. The third-order valence-electron chi connectivity index (χ3n) is 5.54. The minimum Gasteiger partial charge on any atom is -0.316 e. The summed E-state index contributed by atoms with van der Waals surface area (Å²) in [4.78, 5) is 13.5. The molecule has 4 rings (SSSR count). The summed E-state index contributed by atoms with van der Waals surface area (Å²) >= 11 is 8.14. The van der Waals surface area contributed by atoms with Crippen LogP contribution in [-0.4, -0.2) is 24.1 Å². The van der Waals surface area contributed by atoms with E-state index in [0.717, 1.165) is 53.5 Å². The van der Waals surface area contributed by atoms with Crippen LogP contribution in [0.5, 0.6) is 0 Å². The summed E-state index contributed by atoms with van der Waals surface area (Å²) in [6, 6.07) is 13.7. The zero-order valence-electron chi connectivity index (χ0n) is 17.7. The first kappa shape index (κ1) is 23.7. The van der Waals surface area contributed by atoms with Gasteiger partial charge in [0.25, 0.3) is 5.91 Å². The fourth-order valence-corrected chi connectivity index (χ4v) is 5.23. The molecule has 0 spiro atoms. The van der Waals surface area contributed by atoms with Crippen LogP contribution in [0.2, 0.25) is 5.02 Å². The Morgan fingerprint density at radius 3 is 2.45 bits per heavy atom. The molecule has 3 aromatic carbocycles. The predicted molar refractivity (Wildman–Crippen MR) is 125 cm³/mol. The van der Waals surface area contributed by atoms with Crippen LogP contribution in [0.25, 0.3) is 0 Å². The molecule has 3 nitrogen and oxygen atoms in total. The van der Waals surface area contributed by atoms with Gasteiger partial charge in [-0.25, -0.2) is 8.78 Å². The van der Waals surface area contributed by atoms with Gasteiger partial charge in [0.2, 0.25) is 0 Å². The number of nitrogens with zero attached hydrogens (tertiary/aromatic N) is 1. The van der Waals surface area contributed by atoms with Crippen LogP contribution in [-0.2, 0) is 25.1 Å². The first-order valence-corrected chi connectivity index (χ1v) is 11.9. The van der Waals surface area contributed by atoms with Crippen molar-refractivity contribution in [1.82, 2.24) is 10.4 Å². The van der Waals surface area contributed by atoms with Gasteiger partial charge in [0.15, 0.2) is 11.6 Å². The Morgan fingerprint density at radius 1 is 0.970 bits per heavy atom. The molecule has 3 aromatic rings. The number of carbonyl (C=O) groups is 1. The summed E-state index contributed by atoms with van der Waals surface area (Å²) in [5, 5.41) is 4.13. The molecule has 1 amide bonds. The average Bonchev–Trinajstić information content (AvgIpc) is 3.06. The predicted octanol–water partition coefficient (Wildman–Crippen LogP) is 6.13. The smallest absolute Gasteiger partial charge is 0.281 e. The highest BCUT2D eigenvalue weighted by Gasteiger charge is 2.18. The van der Waals surface area contributed by atoms with E-state index in [2.05, 4.69) is 11.4 Å². The Kier molecular flexibility index (Phi) is 7.63. The molecule has 1 N–H and O–H groups in total. The van der Waals surface area contributed by atoms with E-state index in [0.29, 0.717) is 5.75 Å². The van der Waals surface area contributed by atoms with Gasteiger partial charge in [-0.3, -0.25) is 4.79 Å². The highest BCUT2D eigenvalue weighted by molar-refractivity contribution is 7.98. The number of halogens is 4. The average molecular weight is 491 g/mol. The molecule has 0 fully saturated rings. The van der Waals surface area contributed by atoms with Crippen molar-refractivity contribution in [2.45, 2.75) is 30.0 Å². The molecule has 0 unspecified atom stereocenters. The molecule has 0 saturated carbocycles. The third-order valence-corrected chi connectivity index (χ3v) is 7.20. The molecule has 0 bridgehead atoms. The minimum absolute atomic E-state index is 0.0104. The number of hydrogen-bond acceptors (Lipinski definition) is 3. The maximum atomic E-state index is 14.4. The van der Waals surface area contributed by atoms with Crippen LogP contribution in [0, 0.1) is 11.6 Å². The van der Waals surface area contributed by atoms with Crippen molar-refractivity contribution < 1.29 is 18.1 Å². The Bertz CT molecular complexity index is 1160. The van der Waals surface area contributed by atoms with Gasteiger partial charge in [0.1, 0.15) is 0 Å². The maximum Gasteiger partial charge on any atom is 0.281 e. The fraction of sp³-hybridized carbons (Fsp3) is 0.240. The van der Waals surface area contributed by atoms with Gasteiger partial charge in [-0.05, 0) is 78.5 Å². The van der Waals surface area contributed by atoms with Crippen molar-refractivity contribution in [2.24, 2.45) is 0 Å². The molecular weight excluding hydrogens is 469 g/mol. The third kappa shape index (κ3) is 5.72. The number of carbonyl (C=O) groups excluding carboxylic acids is 1. The summed E-state index contributed by atoms with van der Waals surface area (Å²) in [5.74, 6) is -2.29. The lowest BCUT2D eigenvalue weighted by Crippen LogP contribution is -2.22. The number of nitrogens with one attached hydrogen (secondary N) is 1. The van der Waals surface area contributed by atoms with E-state index >= 15 is 0 Å². The van der Waals surface area contributed by atoms with Gasteiger partial charge >= 0.3 is 0 Å². The minimum atomic E-state index is -1.08. The molecule has 0 aromatic heterocycles. The Morgan fingerprint density at radius 2 is 1.70 bits per heavy atom. The number of thioether (sulfide) groups is 1.